The van der Waals surface area contributed by atoms with E-state index < -0.39 is 23.4 Å². The number of fused-ring (bicyclic) bond motifs is 1. The van der Waals surface area contributed by atoms with Crippen LogP contribution in [0.5, 0.6) is 17.2 Å². The van der Waals surface area contributed by atoms with Gasteiger partial charge in [0.15, 0.2) is 17.2 Å². The Labute approximate surface area is 209 Å². The number of ether oxygens (including phenoxy) is 2. The van der Waals surface area contributed by atoms with Crippen molar-refractivity contribution < 1.29 is 23.5 Å². The number of hydrogen-bond acceptors (Lipinski definition) is 4. The predicted octanol–water partition coefficient (Wildman–Crippen LogP) is 7.25. The van der Waals surface area contributed by atoms with Crippen molar-refractivity contribution in [3.8, 4) is 17.2 Å². The fourth-order valence-corrected chi connectivity index (χ4v) is 4.27. The van der Waals surface area contributed by atoms with Gasteiger partial charge >= 0.3 is 6.03 Å². The Kier molecular flexibility index (Phi) is 6.62. The van der Waals surface area contributed by atoms with Crippen molar-refractivity contribution >= 4 is 52.4 Å². The van der Waals surface area contributed by atoms with Crippen LogP contribution in [0.25, 0.3) is 0 Å². The fraction of sp³-hybridized carbons (Fsp3) is 0.167. The zero-order valence-electron chi connectivity index (χ0n) is 18.0. The molecule has 0 fully saturated rings. The van der Waals surface area contributed by atoms with Gasteiger partial charge in [-0.25, -0.2) is 9.18 Å². The van der Waals surface area contributed by atoms with Crippen LogP contribution in [-0.4, -0.2) is 17.5 Å². The lowest BCUT2D eigenvalue weighted by Crippen LogP contribution is -2.34. The molecule has 1 aliphatic heterocycles. The number of anilines is 1. The molecule has 0 aromatic heterocycles. The smallest absolute Gasteiger partial charge is 0.326 e. The van der Waals surface area contributed by atoms with E-state index in [1.165, 1.54) is 30.3 Å². The van der Waals surface area contributed by atoms with Crippen LogP contribution in [-0.2, 0) is 6.42 Å². The average Bonchev–Trinajstić information content (AvgIpc) is 3.08. The maximum Gasteiger partial charge on any atom is 0.326 e. The van der Waals surface area contributed by atoms with E-state index in [0.29, 0.717) is 22.9 Å². The average molecular weight is 524 g/mol. The van der Waals surface area contributed by atoms with Crippen molar-refractivity contribution in [3.05, 3.63) is 80.5 Å². The van der Waals surface area contributed by atoms with Gasteiger partial charge < -0.3 is 14.8 Å². The van der Waals surface area contributed by atoms with E-state index in [4.69, 9.17) is 44.3 Å². The first kappa shape index (κ1) is 24.1. The Hall–Kier alpha value is -3.00. The topological polar surface area (TPSA) is 76.7 Å². The third kappa shape index (κ3) is 5.06. The van der Waals surface area contributed by atoms with Gasteiger partial charge in [0.2, 0.25) is 0 Å². The van der Waals surface area contributed by atoms with Crippen LogP contribution in [0.15, 0.2) is 48.5 Å². The van der Waals surface area contributed by atoms with Crippen molar-refractivity contribution in [1.29, 1.82) is 0 Å². The molecule has 0 bridgehead atoms. The molecule has 10 heteroatoms. The molecule has 1 aliphatic rings. The quantitative estimate of drug-likeness (QED) is 0.377. The Bertz CT molecular complexity index is 1290. The van der Waals surface area contributed by atoms with Crippen molar-refractivity contribution in [2.75, 3.05) is 5.32 Å². The highest BCUT2D eigenvalue weighted by atomic mass is 35.5. The summed E-state index contributed by atoms with van der Waals surface area (Å²) in [6.07, 6.45) is 0.614. The summed E-state index contributed by atoms with van der Waals surface area (Å²) >= 11 is 19.0. The first-order chi connectivity index (χ1) is 16.0. The zero-order chi connectivity index (χ0) is 24.6. The van der Waals surface area contributed by atoms with E-state index in [2.05, 4.69) is 5.32 Å². The number of halogens is 4. The Morgan fingerprint density at radius 2 is 1.71 bits per heavy atom. The van der Waals surface area contributed by atoms with E-state index in [1.54, 1.807) is 12.1 Å². The summed E-state index contributed by atoms with van der Waals surface area (Å²) in [5.74, 6) is -0.594. The number of hydrogen-bond donors (Lipinski definition) is 2. The third-order valence-corrected chi connectivity index (χ3v) is 5.88. The normalized spacial score (nSPS) is 13.6. The number of rotatable bonds is 4. The zero-order valence-corrected chi connectivity index (χ0v) is 20.2. The second-order valence-corrected chi connectivity index (χ2v) is 9.37. The first-order valence-electron chi connectivity index (χ1n) is 10.1. The van der Waals surface area contributed by atoms with Gasteiger partial charge in [0.05, 0.1) is 15.6 Å². The van der Waals surface area contributed by atoms with Crippen LogP contribution in [0.2, 0.25) is 15.1 Å². The molecule has 0 radical (unpaired) electrons. The van der Waals surface area contributed by atoms with Gasteiger partial charge in [-0.05, 0) is 50.2 Å². The Balaban J connectivity index is 1.50. The molecule has 0 atom stereocenters. The van der Waals surface area contributed by atoms with Gasteiger partial charge in [0.25, 0.3) is 5.91 Å². The van der Waals surface area contributed by atoms with Crippen LogP contribution in [0.3, 0.4) is 0 Å². The van der Waals surface area contributed by atoms with Crippen molar-refractivity contribution in [2.45, 2.75) is 25.9 Å². The third-order valence-electron chi connectivity index (χ3n) is 4.96. The van der Waals surface area contributed by atoms with Crippen LogP contribution in [0, 0.1) is 5.82 Å². The van der Waals surface area contributed by atoms with E-state index >= 15 is 0 Å². The highest BCUT2D eigenvalue weighted by Crippen LogP contribution is 2.48. The summed E-state index contributed by atoms with van der Waals surface area (Å²) in [6, 6.07) is 10.6. The highest BCUT2D eigenvalue weighted by molar-refractivity contribution is 6.37. The highest BCUT2D eigenvalue weighted by Gasteiger charge is 2.34. The molecule has 34 heavy (non-hydrogen) atoms. The molecule has 6 nitrogen and oxygen atoms in total. The minimum atomic E-state index is -0.896. The van der Waals surface area contributed by atoms with Gasteiger partial charge in [-0.3, -0.25) is 10.1 Å². The monoisotopic (exact) mass is 522 g/mol. The number of carbonyl (C=O) groups excluding carboxylic acids is 2. The van der Waals surface area contributed by atoms with Crippen LogP contribution in [0.1, 0.15) is 29.8 Å². The number of amides is 3. The predicted molar refractivity (Wildman–Crippen MR) is 129 cm³/mol. The van der Waals surface area contributed by atoms with Crippen molar-refractivity contribution in [3.63, 3.8) is 0 Å². The molecule has 0 saturated heterocycles. The summed E-state index contributed by atoms with van der Waals surface area (Å²) in [5.41, 5.74) is 0.310. The number of urea groups is 1. The molecular weight excluding hydrogens is 506 g/mol. The molecule has 3 aromatic carbocycles. The molecule has 176 valence electrons. The van der Waals surface area contributed by atoms with Gasteiger partial charge in [0, 0.05) is 22.7 Å². The number of nitrogens with one attached hydrogen (secondary N) is 2. The van der Waals surface area contributed by atoms with Crippen molar-refractivity contribution in [2.24, 2.45) is 0 Å². The standard InChI is InChI=1S/C24H18Cl3FN2O4/c1-24(2)11-14-15(25)7-8-19(20(14)34-24)33-21-16(26)9-12(10-17(21)27)29-23(32)30-22(31)13-5-3-4-6-18(13)28/h3-10H,11H2,1-2H3,(H2,29,30,31,32). The van der Waals surface area contributed by atoms with Gasteiger partial charge in [-0.2, -0.15) is 0 Å². The molecule has 4 rings (SSSR count). The summed E-state index contributed by atoms with van der Waals surface area (Å²) in [6.45, 7) is 3.88. The summed E-state index contributed by atoms with van der Waals surface area (Å²) < 4.78 is 25.7. The summed E-state index contributed by atoms with van der Waals surface area (Å²) in [7, 11) is 0. The van der Waals surface area contributed by atoms with Crippen LogP contribution < -0.4 is 20.1 Å². The molecule has 1 heterocycles. The first-order valence-corrected chi connectivity index (χ1v) is 11.2. The maximum absolute atomic E-state index is 13.7. The van der Waals surface area contributed by atoms with E-state index in [9.17, 15) is 14.0 Å². The molecule has 3 aromatic rings. The molecule has 3 amide bonds. The lowest BCUT2D eigenvalue weighted by atomic mass is 10.0. The number of imide groups is 1. The fourth-order valence-electron chi connectivity index (χ4n) is 3.50. The SMILES string of the molecule is CC1(C)Cc2c(Cl)ccc(Oc3c(Cl)cc(NC(=O)NC(=O)c4ccccc4F)cc3Cl)c2O1. The minimum absolute atomic E-state index is 0.101. The van der Waals surface area contributed by atoms with Crippen LogP contribution >= 0.6 is 34.8 Å². The summed E-state index contributed by atoms with van der Waals surface area (Å²) in [5, 5.41) is 5.25. The molecule has 2 N–H and O–H groups in total. The van der Waals surface area contributed by atoms with E-state index in [0.717, 1.165) is 11.6 Å². The lowest BCUT2D eigenvalue weighted by molar-refractivity contribution is 0.0963. The second-order valence-electron chi connectivity index (χ2n) is 8.15. The Morgan fingerprint density at radius 1 is 1.03 bits per heavy atom. The maximum atomic E-state index is 13.7. The van der Waals surface area contributed by atoms with Gasteiger partial charge in [-0.1, -0.05) is 46.9 Å². The van der Waals surface area contributed by atoms with E-state index in [-0.39, 0.29) is 27.0 Å². The lowest BCUT2D eigenvalue weighted by Gasteiger charge is -2.19. The molecule has 0 aliphatic carbocycles. The minimum Gasteiger partial charge on any atom is -0.483 e. The number of benzene rings is 3. The van der Waals surface area contributed by atoms with Crippen LogP contribution in [0.4, 0.5) is 14.9 Å². The number of carbonyl (C=O) groups is 2. The van der Waals surface area contributed by atoms with Gasteiger partial charge in [0.1, 0.15) is 11.4 Å². The molecule has 0 spiro atoms. The molecular formula is C24H18Cl3FN2O4. The molecule has 0 unspecified atom stereocenters. The second kappa shape index (κ2) is 9.33. The van der Waals surface area contributed by atoms with Gasteiger partial charge in [-0.15, -0.1) is 0 Å². The van der Waals surface area contributed by atoms with E-state index in [1.807, 2.05) is 19.2 Å². The Morgan fingerprint density at radius 3 is 2.38 bits per heavy atom. The molecule has 0 saturated carbocycles. The van der Waals surface area contributed by atoms with Crippen molar-refractivity contribution in [1.82, 2.24) is 5.32 Å². The summed E-state index contributed by atoms with van der Waals surface area (Å²) in [4.78, 5) is 24.3. The largest absolute Gasteiger partial charge is 0.483 e.